The molecule has 2 amide bonds. The fourth-order valence-corrected chi connectivity index (χ4v) is 4.59. The normalized spacial score (nSPS) is 15.4. The molecule has 0 atom stereocenters. The van der Waals surface area contributed by atoms with Gasteiger partial charge in [-0.15, -0.1) is 0 Å². The van der Waals surface area contributed by atoms with Crippen molar-refractivity contribution in [2.24, 2.45) is 0 Å². The summed E-state index contributed by atoms with van der Waals surface area (Å²) in [4.78, 5) is 25.2. The van der Waals surface area contributed by atoms with Crippen LogP contribution in [0.4, 0.5) is 5.69 Å². The number of amides is 2. The van der Waals surface area contributed by atoms with E-state index in [1.165, 1.54) is 43.6 Å². The van der Waals surface area contributed by atoms with Crippen LogP contribution in [-0.4, -0.2) is 22.2 Å². The minimum atomic E-state index is -0.242. The fourth-order valence-electron chi connectivity index (χ4n) is 3.81. The third-order valence-corrected chi connectivity index (χ3v) is 6.26. The molecule has 29 heavy (non-hydrogen) atoms. The number of nitrogens with one attached hydrogen (secondary N) is 2. The first kappa shape index (κ1) is 19.6. The van der Waals surface area contributed by atoms with E-state index in [2.05, 4.69) is 15.0 Å². The number of benzene rings is 2. The second-order valence-corrected chi connectivity index (χ2v) is 8.38. The SMILES string of the molecule is O=C(NC1CCCCCCC1)c1ccc(NC(=O)c2nsc3ccccc23)cc1. The lowest BCUT2D eigenvalue weighted by atomic mass is 9.96. The van der Waals surface area contributed by atoms with Gasteiger partial charge in [-0.3, -0.25) is 9.59 Å². The maximum absolute atomic E-state index is 12.6. The molecule has 0 radical (unpaired) electrons. The van der Waals surface area contributed by atoms with Crippen LogP contribution in [-0.2, 0) is 0 Å². The lowest BCUT2D eigenvalue weighted by Crippen LogP contribution is -2.35. The average molecular weight is 408 g/mol. The van der Waals surface area contributed by atoms with Crippen molar-refractivity contribution < 1.29 is 9.59 Å². The van der Waals surface area contributed by atoms with E-state index in [1.807, 2.05) is 24.3 Å². The zero-order chi connectivity index (χ0) is 20.1. The lowest BCUT2D eigenvalue weighted by Gasteiger charge is -2.21. The molecule has 4 rings (SSSR count). The second kappa shape index (κ2) is 9.18. The second-order valence-electron chi connectivity index (χ2n) is 7.57. The molecule has 0 saturated heterocycles. The third-order valence-electron chi connectivity index (χ3n) is 5.44. The average Bonchev–Trinajstić information content (AvgIpc) is 3.15. The van der Waals surface area contributed by atoms with E-state index in [9.17, 15) is 9.59 Å². The minimum absolute atomic E-state index is 0.0426. The van der Waals surface area contributed by atoms with Crippen molar-refractivity contribution in [3.8, 4) is 0 Å². The van der Waals surface area contributed by atoms with Gasteiger partial charge in [0, 0.05) is 22.7 Å². The molecule has 150 valence electrons. The number of carbonyl (C=O) groups excluding carboxylic acids is 2. The Balaban J connectivity index is 1.38. The number of hydrogen-bond acceptors (Lipinski definition) is 4. The van der Waals surface area contributed by atoms with Crippen molar-refractivity contribution >= 4 is 39.1 Å². The summed E-state index contributed by atoms with van der Waals surface area (Å²) >= 11 is 1.31. The smallest absolute Gasteiger partial charge is 0.276 e. The van der Waals surface area contributed by atoms with E-state index in [-0.39, 0.29) is 17.9 Å². The molecule has 2 aromatic carbocycles. The third kappa shape index (κ3) is 4.82. The topological polar surface area (TPSA) is 71.1 Å². The van der Waals surface area contributed by atoms with Gasteiger partial charge in [0.2, 0.25) is 0 Å². The van der Waals surface area contributed by atoms with Crippen molar-refractivity contribution in [1.82, 2.24) is 9.69 Å². The summed E-state index contributed by atoms with van der Waals surface area (Å²) in [5, 5.41) is 6.90. The van der Waals surface area contributed by atoms with Crippen molar-refractivity contribution in [1.29, 1.82) is 0 Å². The van der Waals surface area contributed by atoms with Gasteiger partial charge in [-0.1, -0.05) is 50.3 Å². The van der Waals surface area contributed by atoms with Gasteiger partial charge in [0.05, 0.1) is 4.70 Å². The number of aromatic nitrogens is 1. The highest BCUT2D eigenvalue weighted by molar-refractivity contribution is 7.13. The molecular weight excluding hydrogens is 382 g/mol. The van der Waals surface area contributed by atoms with Gasteiger partial charge in [0.1, 0.15) is 5.69 Å². The summed E-state index contributed by atoms with van der Waals surface area (Å²) in [5.41, 5.74) is 1.69. The largest absolute Gasteiger partial charge is 0.349 e. The lowest BCUT2D eigenvalue weighted by molar-refractivity contribution is 0.0930. The molecule has 6 heteroatoms. The van der Waals surface area contributed by atoms with E-state index in [4.69, 9.17) is 0 Å². The molecule has 1 heterocycles. The highest BCUT2D eigenvalue weighted by Crippen LogP contribution is 2.23. The Morgan fingerprint density at radius 1 is 0.862 bits per heavy atom. The van der Waals surface area contributed by atoms with Crippen LogP contribution in [0.1, 0.15) is 65.8 Å². The molecule has 0 unspecified atom stereocenters. The van der Waals surface area contributed by atoms with Crippen LogP contribution in [0.2, 0.25) is 0 Å². The molecule has 1 aromatic heterocycles. The van der Waals surface area contributed by atoms with E-state index < -0.39 is 0 Å². The van der Waals surface area contributed by atoms with Gasteiger partial charge < -0.3 is 10.6 Å². The van der Waals surface area contributed by atoms with Crippen molar-refractivity contribution in [3.05, 3.63) is 59.8 Å². The number of carbonyl (C=O) groups is 2. The Morgan fingerprint density at radius 2 is 1.55 bits per heavy atom. The number of hydrogen-bond donors (Lipinski definition) is 2. The standard InChI is InChI=1S/C23H25N3O2S/c27-22(24-17-8-4-2-1-3-5-9-17)16-12-14-18(15-13-16)25-23(28)21-19-10-6-7-11-20(19)29-26-21/h6-7,10-15,17H,1-5,8-9H2,(H,24,27)(H,25,28). The van der Waals surface area contributed by atoms with Crippen LogP contribution in [0.15, 0.2) is 48.5 Å². The molecule has 0 bridgehead atoms. The first-order chi connectivity index (χ1) is 14.2. The number of anilines is 1. The molecule has 2 N–H and O–H groups in total. The Bertz CT molecular complexity index is 989. The molecule has 3 aromatic rings. The molecule has 1 fully saturated rings. The first-order valence-corrected chi connectivity index (χ1v) is 11.0. The zero-order valence-corrected chi connectivity index (χ0v) is 17.1. The predicted molar refractivity (Wildman–Crippen MR) is 118 cm³/mol. The summed E-state index contributed by atoms with van der Waals surface area (Å²) in [6.45, 7) is 0. The number of nitrogens with zero attached hydrogens (tertiary/aromatic N) is 1. The summed E-state index contributed by atoms with van der Waals surface area (Å²) in [6, 6.07) is 15.0. The highest BCUT2D eigenvalue weighted by Gasteiger charge is 2.16. The fraction of sp³-hybridized carbons (Fsp3) is 0.348. The van der Waals surface area contributed by atoms with Crippen molar-refractivity contribution in [2.45, 2.75) is 51.0 Å². The molecule has 0 aliphatic heterocycles. The van der Waals surface area contributed by atoms with Gasteiger partial charge in [-0.2, -0.15) is 4.37 Å². The Morgan fingerprint density at radius 3 is 2.31 bits per heavy atom. The molecular formula is C23H25N3O2S. The Labute approximate surface area is 174 Å². The quantitative estimate of drug-likeness (QED) is 0.609. The van der Waals surface area contributed by atoms with Gasteiger partial charge in [-0.05, 0) is 54.7 Å². The van der Waals surface area contributed by atoms with Crippen LogP contribution < -0.4 is 10.6 Å². The van der Waals surface area contributed by atoms with E-state index in [1.54, 1.807) is 24.3 Å². The molecule has 1 aliphatic rings. The van der Waals surface area contributed by atoms with Crippen LogP contribution in [0.25, 0.3) is 10.1 Å². The molecule has 1 saturated carbocycles. The summed E-state index contributed by atoms with van der Waals surface area (Å²) < 4.78 is 5.27. The molecule has 5 nitrogen and oxygen atoms in total. The molecule has 0 spiro atoms. The van der Waals surface area contributed by atoms with E-state index >= 15 is 0 Å². The van der Waals surface area contributed by atoms with Crippen molar-refractivity contribution in [2.75, 3.05) is 5.32 Å². The summed E-state index contributed by atoms with van der Waals surface area (Å²) in [5.74, 6) is -0.284. The van der Waals surface area contributed by atoms with Crippen molar-refractivity contribution in [3.63, 3.8) is 0 Å². The van der Waals surface area contributed by atoms with Crippen LogP contribution in [0.3, 0.4) is 0 Å². The summed E-state index contributed by atoms with van der Waals surface area (Å²) in [7, 11) is 0. The van der Waals surface area contributed by atoms with E-state index in [0.29, 0.717) is 16.9 Å². The van der Waals surface area contributed by atoms with Gasteiger partial charge in [-0.25, -0.2) is 0 Å². The first-order valence-electron chi connectivity index (χ1n) is 10.3. The monoisotopic (exact) mass is 407 g/mol. The minimum Gasteiger partial charge on any atom is -0.349 e. The van der Waals surface area contributed by atoms with Crippen LogP contribution in [0, 0.1) is 0 Å². The van der Waals surface area contributed by atoms with Crippen LogP contribution in [0.5, 0.6) is 0 Å². The van der Waals surface area contributed by atoms with Gasteiger partial charge in [0.15, 0.2) is 0 Å². The van der Waals surface area contributed by atoms with E-state index in [0.717, 1.165) is 22.9 Å². The van der Waals surface area contributed by atoms with Gasteiger partial charge >= 0.3 is 0 Å². The number of rotatable bonds is 4. The molecule has 1 aliphatic carbocycles. The predicted octanol–water partition coefficient (Wildman–Crippen LogP) is 5.39. The Kier molecular flexibility index (Phi) is 6.20. The van der Waals surface area contributed by atoms with Crippen LogP contribution >= 0.6 is 11.5 Å². The number of fused-ring (bicyclic) bond motifs is 1. The highest BCUT2D eigenvalue weighted by atomic mass is 32.1. The zero-order valence-electron chi connectivity index (χ0n) is 16.3. The Hall–Kier alpha value is -2.73. The maximum Gasteiger partial charge on any atom is 0.276 e. The summed E-state index contributed by atoms with van der Waals surface area (Å²) in [6.07, 6.45) is 8.31. The maximum atomic E-state index is 12.6. The van der Waals surface area contributed by atoms with Gasteiger partial charge in [0.25, 0.3) is 11.8 Å².